The number of carboxylic acid groups (broad SMARTS) is 1. The van der Waals surface area contributed by atoms with Gasteiger partial charge in [0, 0.05) is 32.1 Å². The van der Waals surface area contributed by atoms with Gasteiger partial charge in [-0.15, -0.1) is 0 Å². The molecule has 1 heterocycles. The van der Waals surface area contributed by atoms with Gasteiger partial charge in [0.25, 0.3) is 0 Å². The van der Waals surface area contributed by atoms with Crippen molar-refractivity contribution in [2.75, 3.05) is 13.3 Å². The standard InChI is InChI=1S/C20H31N3O6/c1-14-5-7-18(8-6-14)23-11-17(22-12-23)10-16(19(25)26)4-3-9-21-20(27)29-13-28-15(2)24/h11-12,14,16,18H,3-10,13H2,1-2H3,(H,21,27)(H,25,26)/t14?,16-,18?/m0/s1. The van der Waals surface area contributed by atoms with Crippen LogP contribution in [0.15, 0.2) is 12.5 Å². The topological polar surface area (TPSA) is 120 Å². The summed E-state index contributed by atoms with van der Waals surface area (Å²) in [5.74, 6) is -1.20. The monoisotopic (exact) mass is 409 g/mol. The SMILES string of the molecule is CC(=O)OCOC(=O)NCCC[C@@H](Cc1cn(C2CCC(C)CC2)cn1)C(=O)O. The number of carboxylic acids is 1. The number of nitrogens with one attached hydrogen (secondary N) is 1. The molecule has 0 spiro atoms. The number of nitrogens with zero attached hydrogens (tertiary/aromatic N) is 2. The van der Waals surface area contributed by atoms with Gasteiger partial charge in [0.1, 0.15) is 0 Å². The van der Waals surface area contributed by atoms with Crippen molar-refractivity contribution in [3.63, 3.8) is 0 Å². The summed E-state index contributed by atoms with van der Waals surface area (Å²) >= 11 is 0. The highest BCUT2D eigenvalue weighted by Crippen LogP contribution is 2.31. The molecule has 0 aliphatic heterocycles. The molecule has 1 fully saturated rings. The first-order valence-electron chi connectivity index (χ1n) is 10.1. The molecule has 1 aliphatic carbocycles. The molecule has 1 saturated carbocycles. The summed E-state index contributed by atoms with van der Waals surface area (Å²) < 4.78 is 11.3. The van der Waals surface area contributed by atoms with Crippen LogP contribution in [-0.4, -0.2) is 46.0 Å². The fourth-order valence-electron chi connectivity index (χ4n) is 3.55. The van der Waals surface area contributed by atoms with E-state index in [1.165, 1.54) is 19.8 Å². The van der Waals surface area contributed by atoms with E-state index in [0.29, 0.717) is 25.3 Å². The predicted octanol–water partition coefficient (Wildman–Crippen LogP) is 2.90. The number of carbonyl (C=O) groups is 3. The van der Waals surface area contributed by atoms with Crippen molar-refractivity contribution in [3.8, 4) is 0 Å². The van der Waals surface area contributed by atoms with Crippen LogP contribution in [0.4, 0.5) is 4.79 Å². The molecule has 0 aromatic carbocycles. The molecule has 0 unspecified atom stereocenters. The Morgan fingerprint density at radius 2 is 2.00 bits per heavy atom. The van der Waals surface area contributed by atoms with Crippen LogP contribution < -0.4 is 5.32 Å². The summed E-state index contributed by atoms with van der Waals surface area (Å²) in [5.41, 5.74) is 0.782. The van der Waals surface area contributed by atoms with E-state index in [0.717, 1.165) is 24.5 Å². The van der Waals surface area contributed by atoms with Crippen molar-refractivity contribution in [2.45, 2.75) is 64.8 Å². The lowest BCUT2D eigenvalue weighted by atomic mass is 9.87. The number of rotatable bonds is 10. The van der Waals surface area contributed by atoms with Crippen molar-refractivity contribution in [2.24, 2.45) is 11.8 Å². The van der Waals surface area contributed by atoms with Crippen LogP contribution in [0.1, 0.15) is 64.1 Å². The number of hydrogen-bond acceptors (Lipinski definition) is 6. The second-order valence-electron chi connectivity index (χ2n) is 7.72. The van der Waals surface area contributed by atoms with Crippen molar-refractivity contribution in [3.05, 3.63) is 18.2 Å². The number of hydrogen-bond donors (Lipinski definition) is 2. The van der Waals surface area contributed by atoms with Gasteiger partial charge in [-0.3, -0.25) is 9.59 Å². The van der Waals surface area contributed by atoms with Gasteiger partial charge in [-0.2, -0.15) is 0 Å². The van der Waals surface area contributed by atoms with Gasteiger partial charge in [-0.25, -0.2) is 9.78 Å². The molecule has 1 aromatic rings. The summed E-state index contributed by atoms with van der Waals surface area (Å²) in [6, 6.07) is 0.456. The molecule has 29 heavy (non-hydrogen) atoms. The molecule has 162 valence electrons. The molecule has 0 bridgehead atoms. The van der Waals surface area contributed by atoms with Crippen LogP contribution in [0.25, 0.3) is 0 Å². The molecule has 1 amide bonds. The molecule has 9 heteroatoms. The van der Waals surface area contributed by atoms with Gasteiger partial charge in [0.2, 0.25) is 6.79 Å². The number of amides is 1. The number of aromatic nitrogens is 2. The Labute approximate surface area is 170 Å². The molecular formula is C20H31N3O6. The maximum atomic E-state index is 11.6. The Morgan fingerprint density at radius 1 is 1.28 bits per heavy atom. The van der Waals surface area contributed by atoms with Crippen LogP contribution in [0.3, 0.4) is 0 Å². The number of esters is 1. The van der Waals surface area contributed by atoms with E-state index in [1.54, 1.807) is 0 Å². The average Bonchev–Trinajstić information content (AvgIpc) is 3.13. The summed E-state index contributed by atoms with van der Waals surface area (Å²) in [6.45, 7) is 3.33. The highest BCUT2D eigenvalue weighted by Gasteiger charge is 2.22. The highest BCUT2D eigenvalue weighted by molar-refractivity contribution is 5.70. The maximum Gasteiger partial charge on any atom is 0.410 e. The lowest BCUT2D eigenvalue weighted by molar-refractivity contribution is -0.149. The average molecular weight is 409 g/mol. The third kappa shape index (κ3) is 8.13. The first-order valence-corrected chi connectivity index (χ1v) is 10.1. The Bertz CT molecular complexity index is 682. The van der Waals surface area contributed by atoms with E-state index in [9.17, 15) is 19.5 Å². The van der Waals surface area contributed by atoms with E-state index >= 15 is 0 Å². The van der Waals surface area contributed by atoms with E-state index in [-0.39, 0.29) is 6.54 Å². The Morgan fingerprint density at radius 3 is 2.66 bits per heavy atom. The third-order valence-electron chi connectivity index (χ3n) is 5.32. The van der Waals surface area contributed by atoms with E-state index in [1.807, 2.05) is 12.5 Å². The molecule has 0 radical (unpaired) electrons. The zero-order valence-electron chi connectivity index (χ0n) is 17.1. The highest BCUT2D eigenvalue weighted by atomic mass is 16.7. The predicted molar refractivity (Wildman–Crippen MR) is 104 cm³/mol. The lowest BCUT2D eigenvalue weighted by Gasteiger charge is -2.26. The summed E-state index contributed by atoms with van der Waals surface area (Å²) in [7, 11) is 0. The molecule has 2 N–H and O–H groups in total. The van der Waals surface area contributed by atoms with Gasteiger partial charge < -0.3 is 24.5 Å². The lowest BCUT2D eigenvalue weighted by Crippen LogP contribution is -2.27. The molecular weight excluding hydrogens is 378 g/mol. The van der Waals surface area contributed by atoms with Gasteiger partial charge in [0.05, 0.1) is 17.9 Å². The summed E-state index contributed by atoms with van der Waals surface area (Å²) in [4.78, 5) is 38.0. The maximum absolute atomic E-state index is 11.6. The molecule has 9 nitrogen and oxygen atoms in total. The molecule has 1 atom stereocenters. The van der Waals surface area contributed by atoms with Crippen LogP contribution in [-0.2, 0) is 25.5 Å². The molecule has 2 rings (SSSR count). The van der Waals surface area contributed by atoms with Crippen molar-refractivity contribution in [1.82, 2.24) is 14.9 Å². The first kappa shape index (κ1) is 22.7. The number of imidazole rings is 1. The van der Waals surface area contributed by atoms with E-state index < -0.39 is 30.7 Å². The van der Waals surface area contributed by atoms with Gasteiger partial charge in [-0.1, -0.05) is 6.92 Å². The van der Waals surface area contributed by atoms with Gasteiger partial charge in [0.15, 0.2) is 0 Å². The van der Waals surface area contributed by atoms with Crippen LogP contribution in [0, 0.1) is 11.8 Å². The van der Waals surface area contributed by atoms with Crippen molar-refractivity contribution < 1.29 is 29.0 Å². The molecule has 1 aromatic heterocycles. The quantitative estimate of drug-likeness (QED) is 0.346. The summed E-state index contributed by atoms with van der Waals surface area (Å²) in [6.07, 6.45) is 9.04. The fourth-order valence-corrected chi connectivity index (χ4v) is 3.55. The zero-order valence-corrected chi connectivity index (χ0v) is 17.1. The Kier molecular flexibility index (Phi) is 8.95. The number of ether oxygens (including phenoxy) is 2. The van der Waals surface area contributed by atoms with Crippen LogP contribution >= 0.6 is 0 Å². The fraction of sp³-hybridized carbons (Fsp3) is 0.700. The largest absolute Gasteiger partial charge is 0.481 e. The molecule has 1 aliphatic rings. The van der Waals surface area contributed by atoms with E-state index in [4.69, 9.17) is 0 Å². The minimum atomic E-state index is -0.872. The van der Waals surface area contributed by atoms with Crippen LogP contribution in [0.5, 0.6) is 0 Å². The smallest absolute Gasteiger partial charge is 0.410 e. The minimum absolute atomic E-state index is 0.275. The first-order chi connectivity index (χ1) is 13.8. The minimum Gasteiger partial charge on any atom is -0.481 e. The van der Waals surface area contributed by atoms with E-state index in [2.05, 4.69) is 31.3 Å². The third-order valence-corrected chi connectivity index (χ3v) is 5.32. The van der Waals surface area contributed by atoms with Crippen molar-refractivity contribution in [1.29, 1.82) is 0 Å². The molecule has 0 saturated heterocycles. The summed E-state index contributed by atoms with van der Waals surface area (Å²) in [5, 5.41) is 12.0. The van der Waals surface area contributed by atoms with Gasteiger partial charge in [-0.05, 0) is 44.4 Å². The zero-order chi connectivity index (χ0) is 21.2. The number of aliphatic carboxylic acids is 1. The van der Waals surface area contributed by atoms with Crippen molar-refractivity contribution >= 4 is 18.0 Å². The Hall–Kier alpha value is -2.58. The normalized spacial score (nSPS) is 19.9. The van der Waals surface area contributed by atoms with Crippen LogP contribution in [0.2, 0.25) is 0 Å². The van der Waals surface area contributed by atoms with Gasteiger partial charge >= 0.3 is 18.0 Å². The number of carbonyl (C=O) groups excluding carboxylic acids is 2. The second-order valence-corrected chi connectivity index (χ2v) is 7.72. The Balaban J connectivity index is 1.72. The second kappa shape index (κ2) is 11.4. The number of alkyl carbamates (subject to hydrolysis) is 1.